The van der Waals surface area contributed by atoms with Gasteiger partial charge in [0.1, 0.15) is 24.4 Å². The van der Waals surface area contributed by atoms with E-state index in [1.807, 2.05) is 6.08 Å². The predicted octanol–water partition coefficient (Wildman–Crippen LogP) is 17.1. The summed E-state index contributed by atoms with van der Waals surface area (Å²) < 4.78 is 17.7. The Bertz CT molecular complexity index is 1610. The van der Waals surface area contributed by atoms with Crippen molar-refractivity contribution in [1.82, 2.24) is 5.32 Å². The number of esters is 1. The molecule has 1 saturated heterocycles. The molecule has 1 amide bonds. The van der Waals surface area contributed by atoms with Crippen LogP contribution in [-0.2, 0) is 23.8 Å². The number of carbonyl (C=O) groups is 2. The maximum Gasteiger partial charge on any atom is 0.306 e. The van der Waals surface area contributed by atoms with Crippen molar-refractivity contribution in [3.63, 3.8) is 0 Å². The second-order valence-electron chi connectivity index (χ2n) is 23.5. The lowest BCUT2D eigenvalue weighted by Gasteiger charge is -2.41. The molecule has 1 aliphatic rings. The molecule has 0 radical (unpaired) electrons. The largest absolute Gasteiger partial charge is 0.454 e. The Morgan fingerprint density at radius 3 is 1.32 bits per heavy atom. The molecule has 0 aliphatic carbocycles. The molecule has 1 rings (SSSR count). The van der Waals surface area contributed by atoms with E-state index in [2.05, 4.69) is 86.8 Å². The summed E-state index contributed by atoms with van der Waals surface area (Å²) in [6, 6.07) is -1.03. The first-order valence-corrected chi connectivity index (χ1v) is 34.2. The molecule has 0 saturated carbocycles. The van der Waals surface area contributed by atoms with Crippen molar-refractivity contribution < 1.29 is 49.3 Å². The van der Waals surface area contributed by atoms with Crippen LogP contribution in [0, 0.1) is 0 Å². The molecule has 6 N–H and O–H groups in total. The van der Waals surface area contributed by atoms with Crippen molar-refractivity contribution >= 4 is 11.9 Å². The van der Waals surface area contributed by atoms with E-state index >= 15 is 0 Å². The van der Waals surface area contributed by atoms with Gasteiger partial charge in [0.15, 0.2) is 12.4 Å². The second-order valence-corrected chi connectivity index (χ2v) is 23.5. The minimum absolute atomic E-state index is 0.100. The van der Waals surface area contributed by atoms with Crippen LogP contribution in [-0.4, -0.2) is 99.6 Å². The lowest BCUT2D eigenvalue weighted by atomic mass is 9.99. The van der Waals surface area contributed by atoms with E-state index in [0.717, 1.165) is 103 Å². The molecular formula is C71H127NO10. The van der Waals surface area contributed by atoms with Crippen LogP contribution in [0.25, 0.3) is 0 Å². The number of hydrogen-bond donors (Lipinski definition) is 6. The molecule has 0 bridgehead atoms. The van der Waals surface area contributed by atoms with Crippen LogP contribution < -0.4 is 5.32 Å². The summed E-state index contributed by atoms with van der Waals surface area (Å²) in [4.78, 5) is 26.6. The molecule has 0 aromatic heterocycles. The summed E-state index contributed by atoms with van der Waals surface area (Å²) in [7, 11) is 0. The van der Waals surface area contributed by atoms with E-state index in [1.54, 1.807) is 6.08 Å². The topological polar surface area (TPSA) is 175 Å². The zero-order valence-electron chi connectivity index (χ0n) is 52.9. The van der Waals surface area contributed by atoms with Crippen LogP contribution in [0.5, 0.6) is 0 Å². The van der Waals surface area contributed by atoms with Crippen LogP contribution in [0.3, 0.4) is 0 Å². The Kier molecular flexibility index (Phi) is 55.0. The minimum atomic E-state index is -1.62. The first kappa shape index (κ1) is 77.1. The number of carbonyl (C=O) groups excluding carboxylic acids is 2. The Labute approximate surface area is 502 Å². The molecule has 11 heteroatoms. The summed E-state index contributed by atoms with van der Waals surface area (Å²) in [6.07, 6.45) is 65.1. The Balaban J connectivity index is 2.62. The highest BCUT2D eigenvalue weighted by atomic mass is 16.7. The Hall–Kier alpha value is -2.90. The Morgan fingerprint density at radius 1 is 0.488 bits per heavy atom. The average Bonchev–Trinajstić information content (AvgIpc) is 3.44. The first-order valence-electron chi connectivity index (χ1n) is 34.2. The van der Waals surface area contributed by atoms with Gasteiger partial charge in [-0.1, -0.05) is 299 Å². The molecule has 11 nitrogen and oxygen atoms in total. The standard InChI is InChI=1S/C71H127NO10/c1-4-7-10-13-16-19-22-25-27-29-31-33-35-37-39-41-44-47-50-53-56-59-66(76)82-69-68(78)67(77)65(60-73)81-71(69)80-61-62(63(74)57-54-51-48-45-42-24-21-18-15-12-9-6-3)72-70(79)64(75)58-55-52-49-46-43-40-38-36-34-32-30-28-26-23-20-17-14-11-8-5-2/h7,10,16,19,25,27,31,33,37,39,54,57,62-65,67-69,71,73-75,77-78H,4-6,8-9,11-15,17-18,20-24,26,28-30,32,34-36,38,40-53,55-56,58-61H2,1-3H3,(H,72,79)/b10-7-,19-16-,27-25-,33-31-,39-37-,57-54+. The molecule has 0 aromatic rings. The zero-order chi connectivity index (χ0) is 59.6. The fraction of sp³-hybridized carbons (Fsp3) is 0.803. The van der Waals surface area contributed by atoms with Crippen molar-refractivity contribution in [2.24, 2.45) is 0 Å². The van der Waals surface area contributed by atoms with Gasteiger partial charge in [0.25, 0.3) is 0 Å². The fourth-order valence-corrected chi connectivity index (χ4v) is 10.5. The summed E-state index contributed by atoms with van der Waals surface area (Å²) in [6.45, 7) is 5.70. The van der Waals surface area contributed by atoms with E-state index in [1.165, 1.54) is 154 Å². The summed E-state index contributed by atoms with van der Waals surface area (Å²) in [5.41, 5.74) is 0. The number of hydrogen-bond acceptors (Lipinski definition) is 10. The van der Waals surface area contributed by atoms with Gasteiger partial charge in [0, 0.05) is 6.42 Å². The van der Waals surface area contributed by atoms with E-state index in [9.17, 15) is 35.1 Å². The van der Waals surface area contributed by atoms with Gasteiger partial charge in [-0.3, -0.25) is 9.59 Å². The van der Waals surface area contributed by atoms with Crippen molar-refractivity contribution in [3.8, 4) is 0 Å². The van der Waals surface area contributed by atoms with E-state index in [-0.39, 0.29) is 13.0 Å². The highest BCUT2D eigenvalue weighted by molar-refractivity contribution is 5.80. The van der Waals surface area contributed by atoms with Gasteiger partial charge in [0.05, 0.1) is 25.4 Å². The molecule has 1 aliphatic heterocycles. The third-order valence-corrected chi connectivity index (χ3v) is 15.9. The maximum absolute atomic E-state index is 13.5. The lowest BCUT2D eigenvalue weighted by molar-refractivity contribution is -0.305. The van der Waals surface area contributed by atoms with Gasteiger partial charge in [-0.25, -0.2) is 0 Å². The van der Waals surface area contributed by atoms with Gasteiger partial charge >= 0.3 is 5.97 Å². The molecule has 8 unspecified atom stereocenters. The van der Waals surface area contributed by atoms with Crippen LogP contribution >= 0.6 is 0 Å². The summed E-state index contributed by atoms with van der Waals surface area (Å²) >= 11 is 0. The van der Waals surface area contributed by atoms with Crippen molar-refractivity contribution in [1.29, 1.82) is 0 Å². The quantitative estimate of drug-likeness (QED) is 0.0195. The van der Waals surface area contributed by atoms with Gasteiger partial charge in [0.2, 0.25) is 5.91 Å². The van der Waals surface area contributed by atoms with Gasteiger partial charge in [-0.05, 0) is 70.6 Å². The Morgan fingerprint density at radius 2 is 0.878 bits per heavy atom. The zero-order valence-corrected chi connectivity index (χ0v) is 52.9. The predicted molar refractivity (Wildman–Crippen MR) is 343 cm³/mol. The van der Waals surface area contributed by atoms with Gasteiger partial charge < -0.3 is 45.1 Å². The molecule has 1 heterocycles. The second kappa shape index (κ2) is 58.5. The van der Waals surface area contributed by atoms with Gasteiger partial charge in [-0.2, -0.15) is 0 Å². The number of allylic oxidation sites excluding steroid dienone is 11. The molecule has 8 atom stereocenters. The monoisotopic (exact) mass is 1150 g/mol. The number of nitrogens with one attached hydrogen (secondary N) is 1. The van der Waals surface area contributed by atoms with Crippen LogP contribution in [0.15, 0.2) is 72.9 Å². The van der Waals surface area contributed by atoms with Crippen LogP contribution in [0.4, 0.5) is 0 Å². The number of unbranched alkanes of at least 4 members (excludes halogenated alkanes) is 34. The van der Waals surface area contributed by atoms with Gasteiger partial charge in [-0.15, -0.1) is 0 Å². The number of amides is 1. The molecular weight excluding hydrogens is 1030 g/mol. The first-order chi connectivity index (χ1) is 40.2. The van der Waals surface area contributed by atoms with Crippen LogP contribution in [0.1, 0.15) is 303 Å². The maximum atomic E-state index is 13.5. The average molecular weight is 1150 g/mol. The lowest BCUT2D eigenvalue weighted by Crippen LogP contribution is -2.61. The molecule has 1 fully saturated rings. The third-order valence-electron chi connectivity index (χ3n) is 15.9. The third kappa shape index (κ3) is 45.5. The highest BCUT2D eigenvalue weighted by Gasteiger charge is 2.47. The molecule has 476 valence electrons. The van der Waals surface area contributed by atoms with Crippen molar-refractivity contribution in [3.05, 3.63) is 72.9 Å². The number of rotatable bonds is 58. The van der Waals surface area contributed by atoms with E-state index in [4.69, 9.17) is 14.2 Å². The fourth-order valence-electron chi connectivity index (χ4n) is 10.5. The molecule has 0 aromatic carbocycles. The molecule has 82 heavy (non-hydrogen) atoms. The minimum Gasteiger partial charge on any atom is -0.454 e. The van der Waals surface area contributed by atoms with Crippen LogP contribution in [0.2, 0.25) is 0 Å². The van der Waals surface area contributed by atoms with E-state index in [0.29, 0.717) is 19.3 Å². The summed E-state index contributed by atoms with van der Waals surface area (Å²) in [5, 5.41) is 57.2. The normalized spacial score (nSPS) is 19.0. The number of ether oxygens (including phenoxy) is 3. The number of aliphatic hydroxyl groups is 5. The number of aliphatic hydroxyl groups excluding tert-OH is 5. The highest BCUT2D eigenvalue weighted by Crippen LogP contribution is 2.26. The van der Waals surface area contributed by atoms with Crippen molar-refractivity contribution in [2.45, 2.75) is 352 Å². The molecule has 0 spiro atoms. The van der Waals surface area contributed by atoms with E-state index < -0.39 is 67.4 Å². The SMILES string of the molecule is CC/C=C\C/C=C\C/C=C\C/C=C\C/C=C\CCCCCCCC(=O)OC1C(OCC(NC(=O)C(O)CCCCCCCCCCCCCCCCCCCCCC)C(O)/C=C/CCCCCCCCCCCC)OC(CO)C(O)C1O. The smallest absolute Gasteiger partial charge is 0.306 e. The summed E-state index contributed by atoms with van der Waals surface area (Å²) in [5.74, 6) is -1.21. The van der Waals surface area contributed by atoms with Crippen molar-refractivity contribution in [2.75, 3.05) is 13.2 Å².